The number of hydrogen-bond acceptors (Lipinski definition) is 2. The number of nitrogens with zero attached hydrogens (tertiary/aromatic N) is 1. The molecule has 0 spiro atoms. The van der Waals surface area contributed by atoms with Crippen molar-refractivity contribution < 1.29 is 0 Å². The van der Waals surface area contributed by atoms with Gasteiger partial charge in [-0.05, 0) is 48.0 Å². The van der Waals surface area contributed by atoms with Crippen molar-refractivity contribution in [2.24, 2.45) is 0 Å². The lowest BCUT2D eigenvalue weighted by Crippen LogP contribution is -2.32. The van der Waals surface area contributed by atoms with Gasteiger partial charge in [0.05, 0.1) is 3.79 Å². The fourth-order valence-corrected chi connectivity index (χ4v) is 3.88. The summed E-state index contributed by atoms with van der Waals surface area (Å²) < 4.78 is 1.24. The second kappa shape index (κ2) is 5.46. The van der Waals surface area contributed by atoms with E-state index in [1.54, 1.807) is 0 Å². The van der Waals surface area contributed by atoms with Crippen LogP contribution in [0, 0.1) is 0 Å². The molecule has 0 atom stereocenters. The molecule has 0 unspecified atom stereocenters. The molecule has 1 aliphatic rings. The standard InChI is InChI=1S/C12H18BrNS/c1-14(10-5-3-2-4-6-10)9-11-7-8-12(13)15-11/h7-8,10H,2-6,9H2,1H3. The summed E-state index contributed by atoms with van der Waals surface area (Å²) in [4.78, 5) is 3.99. The minimum Gasteiger partial charge on any atom is -0.298 e. The van der Waals surface area contributed by atoms with Crippen LogP contribution in [0.25, 0.3) is 0 Å². The smallest absolute Gasteiger partial charge is 0.0701 e. The van der Waals surface area contributed by atoms with E-state index in [1.165, 1.54) is 40.8 Å². The summed E-state index contributed by atoms with van der Waals surface area (Å²) in [6, 6.07) is 5.20. The zero-order chi connectivity index (χ0) is 10.7. The Morgan fingerprint density at radius 2 is 2.07 bits per heavy atom. The van der Waals surface area contributed by atoms with Crippen molar-refractivity contribution >= 4 is 27.3 Å². The maximum Gasteiger partial charge on any atom is 0.0701 e. The number of rotatable bonds is 3. The fraction of sp³-hybridized carbons (Fsp3) is 0.667. The Labute approximate surface area is 105 Å². The molecule has 0 N–H and O–H groups in total. The van der Waals surface area contributed by atoms with E-state index in [4.69, 9.17) is 0 Å². The van der Waals surface area contributed by atoms with Gasteiger partial charge in [-0.3, -0.25) is 4.90 Å². The highest BCUT2D eigenvalue weighted by molar-refractivity contribution is 9.11. The van der Waals surface area contributed by atoms with Crippen LogP contribution in [-0.4, -0.2) is 18.0 Å². The maximum atomic E-state index is 3.52. The highest BCUT2D eigenvalue weighted by Gasteiger charge is 2.18. The van der Waals surface area contributed by atoms with E-state index < -0.39 is 0 Å². The van der Waals surface area contributed by atoms with Gasteiger partial charge in [0.2, 0.25) is 0 Å². The molecule has 0 aliphatic heterocycles. The van der Waals surface area contributed by atoms with Gasteiger partial charge in [-0.15, -0.1) is 11.3 Å². The third kappa shape index (κ3) is 3.30. The molecule has 0 bridgehead atoms. The van der Waals surface area contributed by atoms with Gasteiger partial charge < -0.3 is 0 Å². The van der Waals surface area contributed by atoms with Crippen molar-refractivity contribution in [1.82, 2.24) is 4.90 Å². The quantitative estimate of drug-likeness (QED) is 0.802. The van der Waals surface area contributed by atoms with Crippen LogP contribution in [0.1, 0.15) is 37.0 Å². The van der Waals surface area contributed by atoms with Crippen molar-refractivity contribution in [3.8, 4) is 0 Å². The Morgan fingerprint density at radius 3 is 2.67 bits per heavy atom. The van der Waals surface area contributed by atoms with Crippen molar-refractivity contribution in [3.63, 3.8) is 0 Å². The lowest BCUT2D eigenvalue weighted by molar-refractivity contribution is 0.186. The summed E-state index contributed by atoms with van der Waals surface area (Å²) in [6.07, 6.45) is 7.06. The normalized spacial score (nSPS) is 18.6. The molecule has 15 heavy (non-hydrogen) atoms. The second-order valence-electron chi connectivity index (χ2n) is 4.41. The monoisotopic (exact) mass is 287 g/mol. The Balaban J connectivity index is 1.88. The van der Waals surface area contributed by atoms with E-state index in [2.05, 4.69) is 40.0 Å². The number of hydrogen-bond donors (Lipinski definition) is 0. The molecule has 0 saturated heterocycles. The molecule has 0 amide bonds. The molecule has 1 nitrogen and oxygen atoms in total. The molecule has 1 aliphatic carbocycles. The number of halogens is 1. The van der Waals surface area contributed by atoms with Crippen LogP contribution in [0.15, 0.2) is 15.9 Å². The maximum absolute atomic E-state index is 3.52. The van der Waals surface area contributed by atoms with E-state index in [9.17, 15) is 0 Å². The zero-order valence-electron chi connectivity index (χ0n) is 9.21. The molecule has 1 saturated carbocycles. The molecule has 3 heteroatoms. The topological polar surface area (TPSA) is 3.24 Å². The van der Waals surface area contributed by atoms with E-state index in [-0.39, 0.29) is 0 Å². The lowest BCUT2D eigenvalue weighted by Gasteiger charge is -2.30. The van der Waals surface area contributed by atoms with Crippen LogP contribution in [0.4, 0.5) is 0 Å². The van der Waals surface area contributed by atoms with Crippen molar-refractivity contribution in [2.45, 2.75) is 44.7 Å². The van der Waals surface area contributed by atoms with Gasteiger partial charge in [0.1, 0.15) is 0 Å². The molecule has 0 radical (unpaired) electrons. The fourth-order valence-electron chi connectivity index (χ4n) is 2.33. The number of thiophene rings is 1. The molecule has 84 valence electrons. The summed E-state index contributed by atoms with van der Waals surface area (Å²) >= 11 is 5.37. The van der Waals surface area contributed by atoms with Crippen LogP contribution in [0.2, 0.25) is 0 Å². The van der Waals surface area contributed by atoms with Gasteiger partial charge in [-0.1, -0.05) is 19.3 Å². The molecular weight excluding hydrogens is 270 g/mol. The Kier molecular flexibility index (Phi) is 4.23. The van der Waals surface area contributed by atoms with Crippen LogP contribution in [-0.2, 0) is 6.54 Å². The van der Waals surface area contributed by atoms with Gasteiger partial charge >= 0.3 is 0 Å². The largest absolute Gasteiger partial charge is 0.298 e. The van der Waals surface area contributed by atoms with Crippen LogP contribution < -0.4 is 0 Å². The first-order chi connectivity index (χ1) is 7.25. The van der Waals surface area contributed by atoms with Gasteiger partial charge in [-0.2, -0.15) is 0 Å². The van der Waals surface area contributed by atoms with Gasteiger partial charge in [0, 0.05) is 17.5 Å². The highest BCUT2D eigenvalue weighted by Crippen LogP contribution is 2.26. The van der Waals surface area contributed by atoms with Crippen LogP contribution >= 0.6 is 27.3 Å². The van der Waals surface area contributed by atoms with Crippen molar-refractivity contribution in [2.75, 3.05) is 7.05 Å². The third-order valence-electron chi connectivity index (χ3n) is 3.23. The van der Waals surface area contributed by atoms with Crippen LogP contribution in [0.3, 0.4) is 0 Å². The molecule has 0 aromatic carbocycles. The van der Waals surface area contributed by atoms with Crippen molar-refractivity contribution in [1.29, 1.82) is 0 Å². The van der Waals surface area contributed by atoms with Gasteiger partial charge in [0.25, 0.3) is 0 Å². The summed E-state index contributed by atoms with van der Waals surface area (Å²) in [5.41, 5.74) is 0. The Morgan fingerprint density at radius 1 is 1.33 bits per heavy atom. The first-order valence-electron chi connectivity index (χ1n) is 5.70. The first-order valence-corrected chi connectivity index (χ1v) is 7.31. The predicted octanol–water partition coefficient (Wildman–Crippen LogP) is 4.28. The third-order valence-corrected chi connectivity index (χ3v) is 4.84. The van der Waals surface area contributed by atoms with E-state index in [0.29, 0.717) is 0 Å². The highest BCUT2D eigenvalue weighted by atomic mass is 79.9. The van der Waals surface area contributed by atoms with E-state index >= 15 is 0 Å². The average molecular weight is 288 g/mol. The van der Waals surface area contributed by atoms with Gasteiger partial charge in [-0.25, -0.2) is 0 Å². The summed E-state index contributed by atoms with van der Waals surface area (Å²) in [5.74, 6) is 0. The summed E-state index contributed by atoms with van der Waals surface area (Å²) in [5, 5.41) is 0. The molecule has 1 aromatic rings. The zero-order valence-corrected chi connectivity index (χ0v) is 11.6. The van der Waals surface area contributed by atoms with Gasteiger partial charge in [0.15, 0.2) is 0 Å². The van der Waals surface area contributed by atoms with Crippen LogP contribution in [0.5, 0.6) is 0 Å². The summed E-state index contributed by atoms with van der Waals surface area (Å²) in [6.45, 7) is 1.11. The first kappa shape index (κ1) is 11.6. The molecule has 2 rings (SSSR count). The summed E-state index contributed by atoms with van der Waals surface area (Å²) in [7, 11) is 2.27. The predicted molar refractivity (Wildman–Crippen MR) is 70.4 cm³/mol. The SMILES string of the molecule is CN(Cc1ccc(Br)s1)C1CCCCC1. The van der Waals surface area contributed by atoms with E-state index in [1.807, 2.05) is 11.3 Å². The Hall–Kier alpha value is 0.140. The Bertz CT molecular complexity index is 304. The van der Waals surface area contributed by atoms with Crippen molar-refractivity contribution in [3.05, 3.63) is 20.8 Å². The molecular formula is C12H18BrNS. The molecule has 1 heterocycles. The molecule has 1 fully saturated rings. The minimum absolute atomic E-state index is 0.819. The average Bonchev–Trinajstić information content (AvgIpc) is 2.65. The lowest BCUT2D eigenvalue weighted by atomic mass is 9.94. The second-order valence-corrected chi connectivity index (χ2v) is 6.96. The van der Waals surface area contributed by atoms with E-state index in [0.717, 1.165) is 12.6 Å². The minimum atomic E-state index is 0.819. The molecule has 1 aromatic heterocycles.